The molecule has 176 valence electrons. The second kappa shape index (κ2) is 8.06. The number of carbonyl (C=O) groups is 1. The molecular weight excluding hydrogens is 438 g/mol. The van der Waals surface area contributed by atoms with E-state index in [4.69, 9.17) is 10.5 Å². The van der Waals surface area contributed by atoms with Crippen LogP contribution in [0.1, 0.15) is 65.7 Å². The molecule has 1 aliphatic heterocycles. The topological polar surface area (TPSA) is 146 Å². The molecule has 3 N–H and O–H groups in total. The maximum Gasteiger partial charge on any atom is 0.276 e. The van der Waals surface area contributed by atoms with Gasteiger partial charge >= 0.3 is 0 Å². The van der Waals surface area contributed by atoms with E-state index in [-0.39, 0.29) is 37.3 Å². The number of imidazole rings is 1. The van der Waals surface area contributed by atoms with Crippen LogP contribution < -0.4 is 11.1 Å². The first kappa shape index (κ1) is 21.8. The lowest BCUT2D eigenvalue weighted by Gasteiger charge is -2.33. The predicted octanol–water partition coefficient (Wildman–Crippen LogP) is 1.69. The SMILES string of the molecule is Cc1nonc1C(=O)N[C@H](c1cn2ncc(C3(N)CCOC3)nc2n1)C1CCC(F)(F)CC1. The van der Waals surface area contributed by atoms with Crippen LogP contribution in [0.5, 0.6) is 0 Å². The number of aryl methyl sites for hydroxylation is 1. The molecule has 0 bridgehead atoms. The number of halogens is 2. The van der Waals surface area contributed by atoms with Crippen LogP contribution in [0.4, 0.5) is 8.78 Å². The highest BCUT2D eigenvalue weighted by Gasteiger charge is 2.40. The van der Waals surface area contributed by atoms with Crippen LogP contribution in [0.25, 0.3) is 5.78 Å². The number of hydrogen-bond donors (Lipinski definition) is 2. The highest BCUT2D eigenvalue weighted by Crippen LogP contribution is 2.41. The molecule has 33 heavy (non-hydrogen) atoms. The summed E-state index contributed by atoms with van der Waals surface area (Å²) in [6.45, 7) is 2.47. The first-order chi connectivity index (χ1) is 15.7. The van der Waals surface area contributed by atoms with Crippen molar-refractivity contribution < 1.29 is 22.9 Å². The highest BCUT2D eigenvalue weighted by atomic mass is 19.3. The second-order valence-electron chi connectivity index (χ2n) is 8.85. The Morgan fingerprint density at radius 3 is 2.73 bits per heavy atom. The number of nitrogens with one attached hydrogen (secondary N) is 1. The molecule has 1 aliphatic carbocycles. The Hall–Kier alpha value is -3.06. The molecule has 3 aromatic rings. The number of carbonyl (C=O) groups excluding carboxylic acids is 1. The van der Waals surface area contributed by atoms with Crippen molar-refractivity contribution in [2.45, 2.75) is 56.5 Å². The number of nitrogens with two attached hydrogens (primary N) is 1. The molecule has 1 saturated carbocycles. The van der Waals surface area contributed by atoms with Gasteiger partial charge in [0.1, 0.15) is 5.69 Å². The standard InChI is InChI=1S/C20H24F2N8O3/c1-11-15(29-33-28-11)17(31)27-16(12-2-4-20(21,22)5-3-12)13-9-30-18(25-13)26-14(8-24-30)19(23)6-7-32-10-19/h8-9,12,16H,2-7,10,23H2,1H3,(H,27,31)/t16-,19?/m0/s1. The molecule has 13 heteroatoms. The summed E-state index contributed by atoms with van der Waals surface area (Å²) in [5.74, 6) is -3.16. The lowest BCUT2D eigenvalue weighted by Crippen LogP contribution is -2.38. The quantitative estimate of drug-likeness (QED) is 0.578. The van der Waals surface area contributed by atoms with Gasteiger partial charge in [0.2, 0.25) is 5.92 Å². The molecule has 1 unspecified atom stereocenters. The van der Waals surface area contributed by atoms with E-state index >= 15 is 0 Å². The van der Waals surface area contributed by atoms with E-state index in [2.05, 4.69) is 35.3 Å². The fourth-order valence-corrected chi connectivity index (χ4v) is 4.44. The van der Waals surface area contributed by atoms with E-state index in [1.165, 1.54) is 4.52 Å². The number of ether oxygens (including phenoxy) is 1. The zero-order chi connectivity index (χ0) is 23.2. The van der Waals surface area contributed by atoms with Gasteiger partial charge in [-0.1, -0.05) is 5.16 Å². The van der Waals surface area contributed by atoms with Gasteiger partial charge < -0.3 is 15.8 Å². The normalized spacial score (nSPS) is 24.2. The fraction of sp³-hybridized carbons (Fsp3) is 0.600. The van der Waals surface area contributed by atoms with Gasteiger partial charge in [-0.25, -0.2) is 27.9 Å². The lowest BCUT2D eigenvalue weighted by molar-refractivity contribution is -0.0495. The zero-order valence-corrected chi connectivity index (χ0v) is 18.0. The van der Waals surface area contributed by atoms with E-state index in [0.717, 1.165) is 0 Å². The van der Waals surface area contributed by atoms with Crippen LogP contribution in [-0.2, 0) is 10.3 Å². The summed E-state index contributed by atoms with van der Waals surface area (Å²) >= 11 is 0. The predicted molar refractivity (Wildman–Crippen MR) is 108 cm³/mol. The summed E-state index contributed by atoms with van der Waals surface area (Å²) in [6.07, 6.45) is 3.80. The molecular formula is C20H24F2N8O3. The Morgan fingerprint density at radius 1 is 1.27 bits per heavy atom. The molecule has 0 spiro atoms. The monoisotopic (exact) mass is 462 g/mol. The number of aromatic nitrogens is 6. The van der Waals surface area contributed by atoms with Gasteiger partial charge in [0.15, 0.2) is 5.69 Å². The third-order valence-electron chi connectivity index (χ3n) is 6.48. The number of alkyl halides is 2. The van der Waals surface area contributed by atoms with Crippen LogP contribution in [0, 0.1) is 12.8 Å². The van der Waals surface area contributed by atoms with Crippen molar-refractivity contribution >= 4 is 11.7 Å². The van der Waals surface area contributed by atoms with E-state index < -0.39 is 23.4 Å². The molecule has 2 fully saturated rings. The van der Waals surface area contributed by atoms with Crippen LogP contribution in [0.15, 0.2) is 17.0 Å². The zero-order valence-electron chi connectivity index (χ0n) is 18.0. The minimum atomic E-state index is -2.70. The summed E-state index contributed by atoms with van der Waals surface area (Å²) in [6, 6.07) is -0.640. The Kier molecular flexibility index (Phi) is 5.32. The van der Waals surface area contributed by atoms with Crippen LogP contribution in [-0.4, -0.2) is 54.9 Å². The van der Waals surface area contributed by atoms with Gasteiger partial charge in [-0.3, -0.25) is 4.79 Å². The van der Waals surface area contributed by atoms with Gasteiger partial charge in [0.25, 0.3) is 11.7 Å². The van der Waals surface area contributed by atoms with E-state index in [1.54, 1.807) is 19.3 Å². The van der Waals surface area contributed by atoms with Crippen molar-refractivity contribution in [1.29, 1.82) is 0 Å². The summed E-state index contributed by atoms with van der Waals surface area (Å²) in [5.41, 5.74) is 7.06. The largest absolute Gasteiger partial charge is 0.379 e. The Morgan fingerprint density at radius 2 is 2.06 bits per heavy atom. The first-order valence-corrected chi connectivity index (χ1v) is 10.8. The second-order valence-corrected chi connectivity index (χ2v) is 8.85. The third kappa shape index (κ3) is 4.17. The maximum absolute atomic E-state index is 13.8. The summed E-state index contributed by atoms with van der Waals surface area (Å²) < 4.78 is 39.1. The molecule has 0 radical (unpaired) electrons. The van der Waals surface area contributed by atoms with Gasteiger partial charge in [0.05, 0.1) is 42.0 Å². The molecule has 2 atom stereocenters. The molecule has 4 heterocycles. The number of fused-ring (bicyclic) bond motifs is 1. The van der Waals surface area contributed by atoms with Crippen LogP contribution >= 0.6 is 0 Å². The van der Waals surface area contributed by atoms with Crippen molar-refractivity contribution in [3.63, 3.8) is 0 Å². The molecule has 3 aromatic heterocycles. The fourth-order valence-electron chi connectivity index (χ4n) is 4.44. The van der Waals surface area contributed by atoms with Gasteiger partial charge in [-0.2, -0.15) is 5.10 Å². The Bertz CT molecular complexity index is 1160. The van der Waals surface area contributed by atoms with Gasteiger partial charge in [-0.15, -0.1) is 0 Å². The Balaban J connectivity index is 1.47. The number of hydrogen-bond acceptors (Lipinski definition) is 9. The molecule has 1 amide bonds. The molecule has 2 aliphatic rings. The van der Waals surface area contributed by atoms with Crippen molar-refractivity contribution in [2.75, 3.05) is 13.2 Å². The summed E-state index contributed by atoms with van der Waals surface area (Å²) in [4.78, 5) is 22.0. The summed E-state index contributed by atoms with van der Waals surface area (Å²) in [5, 5.41) is 14.5. The third-order valence-corrected chi connectivity index (χ3v) is 6.48. The molecule has 5 rings (SSSR count). The average Bonchev–Trinajstić information content (AvgIpc) is 3.51. The van der Waals surface area contributed by atoms with Crippen molar-refractivity contribution in [3.8, 4) is 0 Å². The van der Waals surface area contributed by atoms with Crippen molar-refractivity contribution in [2.24, 2.45) is 11.7 Å². The minimum absolute atomic E-state index is 0.0368. The number of rotatable bonds is 5. The maximum atomic E-state index is 13.8. The minimum Gasteiger partial charge on any atom is -0.379 e. The van der Waals surface area contributed by atoms with Crippen LogP contribution in [0.3, 0.4) is 0 Å². The molecule has 1 saturated heterocycles. The number of nitrogens with zero attached hydrogens (tertiary/aromatic N) is 6. The van der Waals surface area contributed by atoms with E-state index in [0.29, 0.717) is 42.5 Å². The Labute approximate surface area is 187 Å². The van der Waals surface area contributed by atoms with Crippen LogP contribution in [0.2, 0.25) is 0 Å². The van der Waals surface area contributed by atoms with Gasteiger partial charge in [0, 0.05) is 19.4 Å². The van der Waals surface area contributed by atoms with E-state index in [9.17, 15) is 13.6 Å². The highest BCUT2D eigenvalue weighted by molar-refractivity contribution is 5.93. The molecule has 11 nitrogen and oxygen atoms in total. The first-order valence-electron chi connectivity index (χ1n) is 10.8. The van der Waals surface area contributed by atoms with E-state index in [1.807, 2.05) is 0 Å². The number of amides is 1. The molecule has 0 aromatic carbocycles. The van der Waals surface area contributed by atoms with Crippen molar-refractivity contribution in [1.82, 2.24) is 35.2 Å². The van der Waals surface area contributed by atoms with Crippen molar-refractivity contribution in [3.05, 3.63) is 35.2 Å². The van der Waals surface area contributed by atoms with Gasteiger partial charge in [-0.05, 0) is 37.3 Å². The lowest BCUT2D eigenvalue weighted by atomic mass is 9.81. The smallest absolute Gasteiger partial charge is 0.276 e. The summed E-state index contributed by atoms with van der Waals surface area (Å²) in [7, 11) is 0. The average molecular weight is 462 g/mol.